The number of aromatic nitrogens is 2. The number of benzene rings is 1. The van der Waals surface area contributed by atoms with Crippen LogP contribution in [0.15, 0.2) is 29.3 Å². The van der Waals surface area contributed by atoms with Gasteiger partial charge in [0.1, 0.15) is 10.9 Å². The fourth-order valence-corrected chi connectivity index (χ4v) is 4.45. The molecule has 1 fully saturated rings. The van der Waals surface area contributed by atoms with E-state index in [-0.39, 0.29) is 11.8 Å². The van der Waals surface area contributed by atoms with Crippen LogP contribution >= 0.6 is 11.8 Å². The molecule has 0 spiro atoms. The van der Waals surface area contributed by atoms with E-state index >= 15 is 0 Å². The largest absolute Gasteiger partial charge is 0.337 e. The molecule has 0 aliphatic carbocycles. The molecule has 0 saturated carbocycles. The van der Waals surface area contributed by atoms with Crippen molar-refractivity contribution >= 4 is 28.6 Å². The van der Waals surface area contributed by atoms with Gasteiger partial charge < -0.3 is 4.90 Å². The van der Waals surface area contributed by atoms with E-state index in [1.165, 1.54) is 6.42 Å². The summed E-state index contributed by atoms with van der Waals surface area (Å²) in [7, 11) is 0. The minimum atomic E-state index is 0.221. The van der Waals surface area contributed by atoms with Gasteiger partial charge in [-0.25, -0.2) is 9.97 Å². The van der Waals surface area contributed by atoms with Gasteiger partial charge in [0.05, 0.1) is 11.3 Å². The Morgan fingerprint density at radius 2 is 1.88 bits per heavy atom. The number of rotatable bonds is 4. The van der Waals surface area contributed by atoms with Crippen LogP contribution < -0.4 is 0 Å². The highest BCUT2D eigenvalue weighted by atomic mass is 32.2. The van der Waals surface area contributed by atoms with E-state index in [9.17, 15) is 4.79 Å². The summed E-state index contributed by atoms with van der Waals surface area (Å²) >= 11 is 1.54. The maximum Gasteiger partial charge on any atom is 0.233 e. The van der Waals surface area contributed by atoms with E-state index in [2.05, 4.69) is 37.6 Å². The Morgan fingerprint density at radius 1 is 1.20 bits per heavy atom. The molecule has 25 heavy (non-hydrogen) atoms. The predicted octanol–water partition coefficient (Wildman–Crippen LogP) is 4.63. The van der Waals surface area contributed by atoms with Crippen LogP contribution in [0.25, 0.3) is 10.9 Å². The zero-order valence-electron chi connectivity index (χ0n) is 15.5. The lowest BCUT2D eigenvalue weighted by atomic mass is 9.98. The summed E-state index contributed by atoms with van der Waals surface area (Å²) in [6, 6.07) is 8.73. The van der Waals surface area contributed by atoms with Gasteiger partial charge in [0.25, 0.3) is 0 Å². The van der Waals surface area contributed by atoms with Gasteiger partial charge in [0, 0.05) is 23.4 Å². The molecule has 1 saturated heterocycles. The van der Waals surface area contributed by atoms with Crippen molar-refractivity contribution in [3.8, 4) is 0 Å². The van der Waals surface area contributed by atoms with E-state index in [0.29, 0.717) is 17.8 Å². The van der Waals surface area contributed by atoms with E-state index in [1.54, 1.807) is 11.8 Å². The maximum atomic E-state index is 12.8. The summed E-state index contributed by atoms with van der Waals surface area (Å²) in [6.07, 6.45) is 3.43. The molecule has 1 aliphatic rings. The van der Waals surface area contributed by atoms with Crippen LogP contribution in [-0.4, -0.2) is 38.6 Å². The first-order valence-electron chi connectivity index (χ1n) is 9.18. The Balaban J connectivity index is 1.81. The van der Waals surface area contributed by atoms with Crippen molar-refractivity contribution in [1.29, 1.82) is 0 Å². The Morgan fingerprint density at radius 3 is 2.56 bits per heavy atom. The molecule has 0 radical (unpaired) electrons. The summed E-state index contributed by atoms with van der Waals surface area (Å²) in [4.78, 5) is 24.3. The number of carbonyl (C=O) groups is 1. The number of hydrogen-bond acceptors (Lipinski definition) is 4. The third-order valence-electron chi connectivity index (χ3n) is 4.92. The average molecular weight is 358 g/mol. The number of para-hydroxylation sites is 1. The van der Waals surface area contributed by atoms with Crippen molar-refractivity contribution in [1.82, 2.24) is 14.9 Å². The lowest BCUT2D eigenvalue weighted by Crippen LogP contribution is -2.48. The second kappa shape index (κ2) is 7.73. The normalized spacial score (nSPS) is 21.1. The summed E-state index contributed by atoms with van der Waals surface area (Å²) in [5.74, 6) is 1.77. The van der Waals surface area contributed by atoms with E-state index in [1.807, 2.05) is 24.3 Å². The zero-order valence-corrected chi connectivity index (χ0v) is 16.3. The molecular formula is C20H27N3OS. The van der Waals surface area contributed by atoms with Crippen LogP contribution in [0.3, 0.4) is 0 Å². The molecule has 4 nitrogen and oxygen atoms in total. The maximum absolute atomic E-state index is 12.8. The SMILES string of the molecule is CC(C)c1nc(SCC(=O)N2[C@H](C)CCC[C@H]2C)c2ccccc2n1. The van der Waals surface area contributed by atoms with Gasteiger partial charge in [-0.15, -0.1) is 0 Å². The molecule has 134 valence electrons. The number of nitrogens with zero attached hydrogens (tertiary/aromatic N) is 3. The number of fused-ring (bicyclic) bond motifs is 1. The summed E-state index contributed by atoms with van der Waals surface area (Å²) in [6.45, 7) is 8.52. The summed E-state index contributed by atoms with van der Waals surface area (Å²) in [5, 5.41) is 1.95. The van der Waals surface area contributed by atoms with Crippen molar-refractivity contribution in [3.63, 3.8) is 0 Å². The van der Waals surface area contributed by atoms with Gasteiger partial charge in [-0.3, -0.25) is 4.79 Å². The molecule has 0 bridgehead atoms. The van der Waals surface area contributed by atoms with Crippen molar-refractivity contribution in [2.75, 3.05) is 5.75 Å². The fourth-order valence-electron chi connectivity index (χ4n) is 3.55. The number of hydrogen-bond donors (Lipinski definition) is 0. The van der Waals surface area contributed by atoms with Crippen LogP contribution in [0.4, 0.5) is 0 Å². The smallest absolute Gasteiger partial charge is 0.233 e. The number of carbonyl (C=O) groups excluding carboxylic acids is 1. The average Bonchev–Trinajstić information content (AvgIpc) is 2.59. The van der Waals surface area contributed by atoms with Crippen molar-refractivity contribution in [2.24, 2.45) is 0 Å². The van der Waals surface area contributed by atoms with Crippen LogP contribution in [0, 0.1) is 0 Å². The van der Waals surface area contributed by atoms with Crippen LogP contribution in [0.1, 0.15) is 58.7 Å². The second-order valence-electron chi connectivity index (χ2n) is 7.28. The highest BCUT2D eigenvalue weighted by Gasteiger charge is 2.28. The monoisotopic (exact) mass is 357 g/mol. The topological polar surface area (TPSA) is 46.1 Å². The Hall–Kier alpha value is -1.62. The van der Waals surface area contributed by atoms with Gasteiger partial charge in [0.15, 0.2) is 0 Å². The van der Waals surface area contributed by atoms with Crippen LogP contribution in [-0.2, 0) is 4.79 Å². The molecule has 5 heteroatoms. The first kappa shape index (κ1) is 18.2. The number of thioether (sulfide) groups is 1. The molecule has 1 aromatic carbocycles. The Bertz CT molecular complexity index is 752. The number of amides is 1. The fraction of sp³-hybridized carbons (Fsp3) is 0.550. The Labute approximate surface area is 154 Å². The summed E-state index contributed by atoms with van der Waals surface area (Å²) < 4.78 is 0. The van der Waals surface area contributed by atoms with Gasteiger partial charge >= 0.3 is 0 Å². The minimum absolute atomic E-state index is 0.221. The molecule has 2 aromatic rings. The molecule has 2 atom stereocenters. The molecule has 1 amide bonds. The molecule has 0 N–H and O–H groups in total. The first-order chi connectivity index (χ1) is 12.0. The molecule has 1 aromatic heterocycles. The molecule has 2 heterocycles. The van der Waals surface area contributed by atoms with Crippen LogP contribution in [0.5, 0.6) is 0 Å². The molecule has 3 rings (SSSR count). The standard InChI is InChI=1S/C20H27N3OS/c1-13(2)19-21-17-11-6-5-10-16(17)20(22-19)25-12-18(24)23-14(3)8-7-9-15(23)4/h5-6,10-11,13-15H,7-9,12H2,1-4H3/t14-,15-/m1/s1. The quantitative estimate of drug-likeness (QED) is 0.591. The Kier molecular flexibility index (Phi) is 5.62. The third kappa shape index (κ3) is 3.97. The highest BCUT2D eigenvalue weighted by molar-refractivity contribution is 8.00. The third-order valence-corrected chi connectivity index (χ3v) is 5.89. The van der Waals surface area contributed by atoms with Gasteiger partial charge in [-0.2, -0.15) is 0 Å². The van der Waals surface area contributed by atoms with E-state index < -0.39 is 0 Å². The lowest BCUT2D eigenvalue weighted by molar-refractivity contribution is -0.134. The van der Waals surface area contributed by atoms with Crippen molar-refractivity contribution < 1.29 is 4.79 Å². The predicted molar refractivity (Wildman–Crippen MR) is 104 cm³/mol. The number of piperidine rings is 1. The lowest BCUT2D eigenvalue weighted by Gasteiger charge is -2.39. The molecular weight excluding hydrogens is 330 g/mol. The second-order valence-corrected chi connectivity index (χ2v) is 8.24. The van der Waals surface area contributed by atoms with Gasteiger partial charge in [-0.1, -0.05) is 43.8 Å². The first-order valence-corrected chi connectivity index (χ1v) is 10.2. The summed E-state index contributed by atoms with van der Waals surface area (Å²) in [5.41, 5.74) is 0.954. The van der Waals surface area contributed by atoms with E-state index in [4.69, 9.17) is 4.98 Å². The van der Waals surface area contributed by atoms with Gasteiger partial charge in [-0.05, 0) is 39.2 Å². The minimum Gasteiger partial charge on any atom is -0.337 e. The van der Waals surface area contributed by atoms with Crippen molar-refractivity contribution in [2.45, 2.75) is 70.0 Å². The van der Waals surface area contributed by atoms with E-state index in [0.717, 1.165) is 34.6 Å². The zero-order chi connectivity index (χ0) is 18.0. The van der Waals surface area contributed by atoms with Gasteiger partial charge in [0.2, 0.25) is 5.91 Å². The highest BCUT2D eigenvalue weighted by Crippen LogP contribution is 2.29. The molecule has 0 unspecified atom stereocenters. The number of likely N-dealkylation sites (tertiary alicyclic amines) is 1. The van der Waals surface area contributed by atoms with Crippen LogP contribution in [0.2, 0.25) is 0 Å². The molecule has 1 aliphatic heterocycles. The van der Waals surface area contributed by atoms with Crippen molar-refractivity contribution in [3.05, 3.63) is 30.1 Å².